The Bertz CT molecular complexity index is 1100. The number of fused-ring (bicyclic) bond motifs is 1. The van der Waals surface area contributed by atoms with Gasteiger partial charge >= 0.3 is 5.97 Å². The van der Waals surface area contributed by atoms with Crippen LogP contribution in [0.4, 0.5) is 5.69 Å². The Balaban J connectivity index is 1.46. The van der Waals surface area contributed by atoms with Gasteiger partial charge in [-0.25, -0.2) is 0 Å². The topological polar surface area (TPSA) is 89.3 Å². The molecular formula is C27H34N2O6. The van der Waals surface area contributed by atoms with Crippen molar-refractivity contribution in [3.63, 3.8) is 0 Å². The molecule has 8 nitrogen and oxygen atoms in total. The van der Waals surface area contributed by atoms with Crippen molar-refractivity contribution < 1.29 is 28.3 Å². The number of anilines is 1. The van der Waals surface area contributed by atoms with Gasteiger partial charge < -0.3 is 18.8 Å². The summed E-state index contributed by atoms with van der Waals surface area (Å²) in [5.74, 6) is 0.690. The van der Waals surface area contributed by atoms with Crippen molar-refractivity contribution in [2.75, 3.05) is 31.2 Å². The number of furan rings is 1. The van der Waals surface area contributed by atoms with Gasteiger partial charge in [-0.05, 0) is 61.4 Å². The largest absolute Gasteiger partial charge is 0.482 e. The number of carbonyl (C=O) groups excluding carboxylic acids is 3. The normalized spacial score (nSPS) is 16.6. The molecule has 0 N–H and O–H groups in total. The first-order chi connectivity index (χ1) is 16.7. The van der Waals surface area contributed by atoms with Crippen molar-refractivity contribution in [3.05, 3.63) is 47.4 Å². The van der Waals surface area contributed by atoms with Crippen molar-refractivity contribution in [2.24, 2.45) is 5.92 Å². The Kier molecular flexibility index (Phi) is 7.19. The van der Waals surface area contributed by atoms with Crippen molar-refractivity contribution >= 4 is 23.5 Å². The maximum Gasteiger partial charge on any atom is 0.309 e. The summed E-state index contributed by atoms with van der Waals surface area (Å²) >= 11 is 0. The predicted molar refractivity (Wildman–Crippen MR) is 130 cm³/mol. The molecule has 35 heavy (non-hydrogen) atoms. The molecule has 3 heterocycles. The Hall–Kier alpha value is -3.29. The van der Waals surface area contributed by atoms with Crippen LogP contribution in [0.5, 0.6) is 5.75 Å². The van der Waals surface area contributed by atoms with Crippen LogP contribution in [-0.2, 0) is 26.3 Å². The zero-order valence-corrected chi connectivity index (χ0v) is 21.0. The molecule has 2 aliphatic heterocycles. The van der Waals surface area contributed by atoms with E-state index in [9.17, 15) is 14.4 Å². The smallest absolute Gasteiger partial charge is 0.309 e. The third-order valence-electron chi connectivity index (χ3n) is 7.16. The van der Waals surface area contributed by atoms with E-state index in [-0.39, 0.29) is 48.0 Å². The molecule has 8 heteroatoms. The zero-order valence-electron chi connectivity index (χ0n) is 21.0. The highest BCUT2D eigenvalue weighted by Crippen LogP contribution is 2.38. The van der Waals surface area contributed by atoms with E-state index in [4.69, 9.17) is 13.9 Å². The molecule has 0 aliphatic carbocycles. The van der Waals surface area contributed by atoms with Gasteiger partial charge in [0.1, 0.15) is 11.5 Å². The molecule has 0 radical (unpaired) electrons. The fraction of sp³-hybridized carbons (Fsp3) is 0.519. The zero-order chi connectivity index (χ0) is 25.2. The van der Waals surface area contributed by atoms with E-state index in [2.05, 4.69) is 20.8 Å². The molecular weight excluding hydrogens is 448 g/mol. The number of carbonyl (C=O) groups is 3. The monoisotopic (exact) mass is 482 g/mol. The standard InChI is InChI=1S/C27H34N2O6/c1-5-27(3,4)19-7-9-22-21(15-19)29(24(30)17-34-22)16-20-8-10-23(35-20)25(31)28-13-11-18(12-14-28)26(32)33-6-2/h7-10,15,18H,5-6,11-14,16-17H2,1-4H3. The van der Waals surface area contributed by atoms with Crippen LogP contribution in [0.1, 0.15) is 68.8 Å². The van der Waals surface area contributed by atoms with Gasteiger partial charge in [0.25, 0.3) is 11.8 Å². The number of esters is 1. The maximum atomic E-state index is 13.0. The average Bonchev–Trinajstić information content (AvgIpc) is 3.34. The first-order valence-corrected chi connectivity index (χ1v) is 12.4. The van der Waals surface area contributed by atoms with Crippen LogP contribution in [-0.4, -0.2) is 49.0 Å². The summed E-state index contributed by atoms with van der Waals surface area (Å²) in [7, 11) is 0. The van der Waals surface area contributed by atoms with Crippen molar-refractivity contribution in [2.45, 2.75) is 58.9 Å². The summed E-state index contributed by atoms with van der Waals surface area (Å²) in [5, 5.41) is 0. The molecule has 188 valence electrons. The summed E-state index contributed by atoms with van der Waals surface area (Å²) in [6.07, 6.45) is 2.11. The number of benzene rings is 1. The van der Waals surface area contributed by atoms with E-state index in [1.54, 1.807) is 28.9 Å². The van der Waals surface area contributed by atoms with Crippen LogP contribution in [0, 0.1) is 5.92 Å². The number of piperidine rings is 1. The lowest BCUT2D eigenvalue weighted by atomic mass is 9.82. The molecule has 0 bridgehead atoms. The lowest BCUT2D eigenvalue weighted by Crippen LogP contribution is -2.40. The minimum Gasteiger partial charge on any atom is -0.482 e. The second-order valence-electron chi connectivity index (χ2n) is 9.77. The van der Waals surface area contributed by atoms with Crippen LogP contribution >= 0.6 is 0 Å². The Morgan fingerprint density at radius 3 is 2.54 bits per heavy atom. The summed E-state index contributed by atoms with van der Waals surface area (Å²) in [6, 6.07) is 9.36. The molecule has 1 aromatic carbocycles. The molecule has 2 aromatic rings. The van der Waals surface area contributed by atoms with Gasteiger partial charge in [0.05, 0.1) is 24.8 Å². The van der Waals surface area contributed by atoms with Gasteiger partial charge in [0, 0.05) is 13.1 Å². The highest BCUT2D eigenvalue weighted by Gasteiger charge is 2.31. The van der Waals surface area contributed by atoms with Crippen LogP contribution in [0.15, 0.2) is 34.7 Å². The third-order valence-corrected chi connectivity index (χ3v) is 7.16. The van der Waals surface area contributed by atoms with E-state index in [1.807, 2.05) is 18.2 Å². The predicted octanol–water partition coefficient (Wildman–Crippen LogP) is 4.31. The van der Waals surface area contributed by atoms with E-state index in [0.717, 1.165) is 12.0 Å². The molecule has 0 saturated carbocycles. The SMILES string of the molecule is CCOC(=O)C1CCN(C(=O)c2ccc(CN3C(=O)COc4ccc(C(C)(C)CC)cc43)o2)CC1. The Labute approximate surface area is 206 Å². The lowest BCUT2D eigenvalue weighted by Gasteiger charge is -2.31. The minimum absolute atomic E-state index is 0.0355. The van der Waals surface area contributed by atoms with Gasteiger partial charge in [-0.3, -0.25) is 19.3 Å². The van der Waals surface area contributed by atoms with E-state index in [0.29, 0.717) is 49.7 Å². The van der Waals surface area contributed by atoms with E-state index >= 15 is 0 Å². The number of hydrogen-bond acceptors (Lipinski definition) is 6. The molecule has 1 aromatic heterocycles. The average molecular weight is 483 g/mol. The first kappa shape index (κ1) is 24.8. The molecule has 2 amide bonds. The van der Waals surface area contributed by atoms with Gasteiger partial charge in [-0.2, -0.15) is 0 Å². The number of hydrogen-bond donors (Lipinski definition) is 0. The second kappa shape index (κ2) is 10.1. The summed E-state index contributed by atoms with van der Waals surface area (Å²) in [6.45, 7) is 9.76. The number of rotatable bonds is 7. The molecule has 1 saturated heterocycles. The fourth-order valence-corrected chi connectivity index (χ4v) is 4.47. The van der Waals surface area contributed by atoms with Gasteiger partial charge in [-0.1, -0.05) is 26.8 Å². The molecule has 0 unspecified atom stereocenters. The molecule has 1 fully saturated rings. The maximum absolute atomic E-state index is 13.0. The van der Waals surface area contributed by atoms with Crippen molar-refractivity contribution in [1.29, 1.82) is 0 Å². The van der Waals surface area contributed by atoms with Crippen molar-refractivity contribution in [1.82, 2.24) is 4.90 Å². The third kappa shape index (κ3) is 5.21. The van der Waals surface area contributed by atoms with Gasteiger partial charge in [-0.15, -0.1) is 0 Å². The molecule has 0 spiro atoms. The highest BCUT2D eigenvalue weighted by atomic mass is 16.5. The van der Waals surface area contributed by atoms with Crippen molar-refractivity contribution in [3.8, 4) is 5.75 Å². The van der Waals surface area contributed by atoms with Gasteiger partial charge in [0.15, 0.2) is 12.4 Å². The summed E-state index contributed by atoms with van der Waals surface area (Å²) in [4.78, 5) is 41.1. The van der Waals surface area contributed by atoms with Crippen LogP contribution < -0.4 is 9.64 Å². The molecule has 0 atom stereocenters. The van der Waals surface area contributed by atoms with E-state index < -0.39 is 0 Å². The first-order valence-electron chi connectivity index (χ1n) is 12.4. The Morgan fingerprint density at radius 1 is 1.11 bits per heavy atom. The minimum atomic E-state index is -0.209. The quantitative estimate of drug-likeness (QED) is 0.547. The summed E-state index contributed by atoms with van der Waals surface area (Å²) in [5.41, 5.74) is 1.81. The molecule has 2 aliphatic rings. The van der Waals surface area contributed by atoms with Crippen LogP contribution in [0.2, 0.25) is 0 Å². The van der Waals surface area contributed by atoms with Gasteiger partial charge in [0.2, 0.25) is 0 Å². The van der Waals surface area contributed by atoms with E-state index in [1.165, 1.54) is 0 Å². The number of nitrogens with zero attached hydrogens (tertiary/aromatic N) is 2. The summed E-state index contributed by atoms with van der Waals surface area (Å²) < 4.78 is 16.6. The number of ether oxygens (including phenoxy) is 2. The number of amides is 2. The number of likely N-dealkylation sites (tertiary alicyclic amines) is 1. The highest BCUT2D eigenvalue weighted by molar-refractivity contribution is 5.98. The van der Waals surface area contributed by atoms with Crippen LogP contribution in [0.25, 0.3) is 0 Å². The fourth-order valence-electron chi connectivity index (χ4n) is 4.47. The van der Waals surface area contributed by atoms with Crippen LogP contribution in [0.3, 0.4) is 0 Å². The Morgan fingerprint density at radius 2 is 1.86 bits per heavy atom. The second-order valence-corrected chi connectivity index (χ2v) is 9.77. The molecule has 4 rings (SSSR count). The lowest BCUT2D eigenvalue weighted by molar-refractivity contribution is -0.149.